The number of aromatic nitrogens is 8. The number of ether oxygens (including phenoxy) is 1. The van der Waals surface area contributed by atoms with Crippen molar-refractivity contribution in [2.75, 3.05) is 37.6 Å². The summed E-state index contributed by atoms with van der Waals surface area (Å²) in [5.74, 6) is 2.49. The van der Waals surface area contributed by atoms with Gasteiger partial charge in [0.1, 0.15) is 46.1 Å². The van der Waals surface area contributed by atoms with Crippen LogP contribution in [-0.4, -0.2) is 75.5 Å². The zero-order valence-corrected chi connectivity index (χ0v) is 34.8. The quantitative estimate of drug-likeness (QED) is 0.143. The lowest BCUT2D eigenvalue weighted by molar-refractivity contribution is 0.175. The minimum Gasteiger partial charge on any atom is -0.457 e. The zero-order chi connectivity index (χ0) is 40.8. The Morgan fingerprint density at radius 3 is 1.52 bits per heavy atom. The molecular weight excluding hydrogens is 816 g/mol. The summed E-state index contributed by atoms with van der Waals surface area (Å²) in [4.78, 5) is 22.3. The molecule has 0 unspecified atom stereocenters. The third-order valence-corrected chi connectivity index (χ3v) is 12.0. The molecule has 4 N–H and O–H groups in total. The Bertz CT molecular complexity index is 2640. The number of rotatable bonds is 9. The number of fused-ring (bicyclic) bond motifs is 2. The van der Waals surface area contributed by atoms with Gasteiger partial charge in [-0.3, -0.25) is 9.80 Å². The second-order valence-electron chi connectivity index (χ2n) is 15.4. The van der Waals surface area contributed by atoms with Crippen LogP contribution in [0.4, 0.5) is 11.6 Å². The van der Waals surface area contributed by atoms with Crippen molar-refractivity contribution in [1.29, 1.82) is 0 Å². The van der Waals surface area contributed by atoms with Crippen molar-refractivity contribution in [3.05, 3.63) is 144 Å². The number of para-hydroxylation sites is 1. The van der Waals surface area contributed by atoms with E-state index in [0.29, 0.717) is 17.7 Å². The normalized spacial score (nSPS) is 15.6. The third-order valence-electron chi connectivity index (χ3n) is 11.4. The SMILES string of the molecule is Nc1ncnc2c1c(-c1ccc(Oc3ccccc3)cc1)nn2C1CCN(Cc2ccccc2)CC1.Nc1ncnc2c1c(Br)nn2C1CCN(Cc2ccccc2)CC1. The molecule has 2 aliphatic heterocycles. The molecule has 8 aromatic rings. The number of nitrogens with two attached hydrogens (primary N) is 2. The van der Waals surface area contributed by atoms with Gasteiger partial charge < -0.3 is 16.2 Å². The van der Waals surface area contributed by atoms with Gasteiger partial charge in [0.05, 0.1) is 22.9 Å². The molecule has 304 valence electrons. The van der Waals surface area contributed by atoms with Crippen LogP contribution in [0.15, 0.2) is 133 Å². The molecule has 2 fully saturated rings. The number of hydrogen-bond donors (Lipinski definition) is 2. The van der Waals surface area contributed by atoms with Gasteiger partial charge in [-0.2, -0.15) is 10.2 Å². The number of halogens is 1. The standard InChI is InChI=1S/C29H28N6O.C17H19BrN6/c30-28-26-27(22-11-13-25(14-12-22)36-24-9-5-2-6-10-24)33-35(29(26)32-20-31-28)23-15-17-34(18-16-23)19-21-7-3-1-4-8-21;18-15-14-16(19)20-11-21-17(14)24(22-15)13-6-8-23(9-7-13)10-12-4-2-1-3-5-12/h1-14,20,23H,15-19H2,(H2,30,31,32);1-5,11,13H,6-10H2,(H2,19,20,21). The fourth-order valence-electron chi connectivity index (χ4n) is 8.29. The Labute approximate surface area is 357 Å². The van der Waals surface area contributed by atoms with Crippen molar-refractivity contribution in [2.45, 2.75) is 50.9 Å². The minimum absolute atomic E-state index is 0.267. The number of hydrogen-bond acceptors (Lipinski definition) is 11. The van der Waals surface area contributed by atoms with Crippen molar-refractivity contribution >= 4 is 49.6 Å². The number of benzene rings is 4. The molecule has 2 saturated heterocycles. The highest BCUT2D eigenvalue weighted by atomic mass is 79.9. The van der Waals surface area contributed by atoms with E-state index in [0.717, 1.165) is 114 Å². The highest BCUT2D eigenvalue weighted by molar-refractivity contribution is 9.10. The van der Waals surface area contributed by atoms with E-state index in [-0.39, 0.29) is 6.04 Å². The number of nitrogen functional groups attached to an aromatic ring is 2. The predicted octanol–water partition coefficient (Wildman–Crippen LogP) is 8.71. The highest BCUT2D eigenvalue weighted by Gasteiger charge is 2.27. The van der Waals surface area contributed by atoms with Crippen LogP contribution >= 0.6 is 15.9 Å². The first-order valence-corrected chi connectivity index (χ1v) is 21.2. The molecule has 0 bridgehead atoms. The van der Waals surface area contributed by atoms with Crippen molar-refractivity contribution in [3.8, 4) is 22.8 Å². The molecule has 10 rings (SSSR count). The maximum Gasteiger partial charge on any atom is 0.164 e. The predicted molar refractivity (Wildman–Crippen MR) is 239 cm³/mol. The van der Waals surface area contributed by atoms with Crippen molar-refractivity contribution in [1.82, 2.24) is 49.3 Å². The summed E-state index contributed by atoms with van der Waals surface area (Å²) in [6.07, 6.45) is 7.17. The topological polar surface area (TPSA) is 155 Å². The summed E-state index contributed by atoms with van der Waals surface area (Å²) in [6, 6.07) is 39.6. The molecule has 13 nitrogen and oxygen atoms in total. The van der Waals surface area contributed by atoms with Crippen molar-refractivity contribution < 1.29 is 4.74 Å². The molecule has 4 aromatic carbocycles. The Hall–Kier alpha value is -6.22. The lowest BCUT2D eigenvalue weighted by Crippen LogP contribution is -2.34. The van der Waals surface area contributed by atoms with E-state index < -0.39 is 0 Å². The average Bonchev–Trinajstić information content (AvgIpc) is 3.85. The Morgan fingerprint density at radius 1 is 0.533 bits per heavy atom. The van der Waals surface area contributed by atoms with Gasteiger partial charge in [0, 0.05) is 44.8 Å². The van der Waals surface area contributed by atoms with Crippen LogP contribution in [-0.2, 0) is 13.1 Å². The Balaban J connectivity index is 0.000000167. The van der Waals surface area contributed by atoms with Gasteiger partial charge in [-0.25, -0.2) is 29.3 Å². The molecule has 0 saturated carbocycles. The first kappa shape index (κ1) is 39.3. The summed E-state index contributed by atoms with van der Waals surface area (Å²) in [5.41, 5.74) is 18.4. The van der Waals surface area contributed by atoms with Gasteiger partial charge in [0.2, 0.25) is 0 Å². The van der Waals surface area contributed by atoms with Gasteiger partial charge in [-0.05, 0) is 89.1 Å². The highest BCUT2D eigenvalue weighted by Crippen LogP contribution is 2.36. The first-order chi connectivity index (χ1) is 29.5. The number of anilines is 2. The van der Waals surface area contributed by atoms with E-state index >= 15 is 0 Å². The van der Waals surface area contributed by atoms with Gasteiger partial charge in [-0.1, -0.05) is 78.9 Å². The molecule has 0 radical (unpaired) electrons. The lowest BCUT2D eigenvalue weighted by atomic mass is 10.0. The van der Waals surface area contributed by atoms with Crippen LogP contribution in [0, 0.1) is 0 Å². The molecule has 6 heterocycles. The summed E-state index contributed by atoms with van der Waals surface area (Å²) in [5, 5.41) is 11.3. The molecule has 0 amide bonds. The van der Waals surface area contributed by atoms with Gasteiger partial charge in [0.25, 0.3) is 0 Å². The molecule has 2 aliphatic rings. The Kier molecular flexibility index (Phi) is 11.7. The summed E-state index contributed by atoms with van der Waals surface area (Å²) >= 11 is 3.49. The number of nitrogens with zero attached hydrogens (tertiary/aromatic N) is 10. The molecule has 4 aromatic heterocycles. The van der Waals surface area contributed by atoms with Crippen molar-refractivity contribution in [2.24, 2.45) is 0 Å². The maximum absolute atomic E-state index is 6.34. The van der Waals surface area contributed by atoms with Crippen LogP contribution in [0.25, 0.3) is 33.3 Å². The van der Waals surface area contributed by atoms with E-state index in [1.165, 1.54) is 23.8 Å². The molecule has 0 aliphatic carbocycles. The van der Waals surface area contributed by atoms with Gasteiger partial charge >= 0.3 is 0 Å². The Morgan fingerprint density at radius 2 is 0.983 bits per heavy atom. The fraction of sp³-hybridized carbons (Fsp3) is 0.261. The monoisotopic (exact) mass is 862 g/mol. The summed E-state index contributed by atoms with van der Waals surface area (Å²) in [6.45, 7) is 6.13. The van der Waals surface area contributed by atoms with Crippen molar-refractivity contribution in [3.63, 3.8) is 0 Å². The van der Waals surface area contributed by atoms with Crippen LogP contribution in [0.1, 0.15) is 48.9 Å². The summed E-state index contributed by atoms with van der Waals surface area (Å²) in [7, 11) is 0. The van der Waals surface area contributed by atoms with E-state index in [4.69, 9.17) is 21.3 Å². The second kappa shape index (κ2) is 18.0. The molecule has 60 heavy (non-hydrogen) atoms. The number of piperidine rings is 2. The van der Waals surface area contributed by atoms with Gasteiger partial charge in [-0.15, -0.1) is 0 Å². The van der Waals surface area contributed by atoms with E-state index in [9.17, 15) is 0 Å². The maximum atomic E-state index is 6.34. The first-order valence-electron chi connectivity index (χ1n) is 20.5. The van der Waals surface area contributed by atoms with Gasteiger partial charge in [0.15, 0.2) is 11.3 Å². The lowest BCUT2D eigenvalue weighted by Gasteiger charge is -2.32. The largest absolute Gasteiger partial charge is 0.457 e. The van der Waals surface area contributed by atoms with E-state index in [1.807, 2.05) is 59.3 Å². The average molecular weight is 864 g/mol. The van der Waals surface area contributed by atoms with Crippen LogP contribution in [0.3, 0.4) is 0 Å². The van der Waals surface area contributed by atoms with E-state index in [1.54, 1.807) is 0 Å². The third kappa shape index (κ3) is 8.71. The molecule has 14 heteroatoms. The van der Waals surface area contributed by atoms with E-state index in [2.05, 4.69) is 116 Å². The molecular formula is C46H47BrN12O. The smallest absolute Gasteiger partial charge is 0.164 e. The fourth-order valence-corrected chi connectivity index (χ4v) is 8.84. The van der Waals surface area contributed by atoms with Crippen LogP contribution in [0.5, 0.6) is 11.5 Å². The minimum atomic E-state index is 0.267. The zero-order valence-electron chi connectivity index (χ0n) is 33.3. The van der Waals surface area contributed by atoms with Crippen LogP contribution < -0.4 is 16.2 Å². The molecule has 0 atom stereocenters. The second-order valence-corrected chi connectivity index (χ2v) is 16.1. The molecule has 0 spiro atoms. The van der Waals surface area contributed by atoms with Crippen LogP contribution in [0.2, 0.25) is 0 Å². The summed E-state index contributed by atoms with van der Waals surface area (Å²) < 4.78 is 10.8. The number of likely N-dealkylation sites (tertiary alicyclic amines) is 2.